The van der Waals surface area contributed by atoms with Gasteiger partial charge >= 0.3 is 0 Å². The largest absolute Gasteiger partial charge is 0.310 e. The highest BCUT2D eigenvalue weighted by Gasteiger charge is 2.21. The molecular formula is C17H22BrN3. The maximum absolute atomic E-state index is 4.76. The van der Waals surface area contributed by atoms with E-state index in [9.17, 15) is 0 Å². The lowest BCUT2D eigenvalue weighted by molar-refractivity contribution is 0.679. The van der Waals surface area contributed by atoms with E-state index >= 15 is 0 Å². The SMILES string of the molecule is CCc1c(C)nn(-c2ccc(Br)cc2CNC2CC2)c1C. The van der Waals surface area contributed by atoms with Crippen LogP contribution in [0.15, 0.2) is 22.7 Å². The van der Waals surface area contributed by atoms with Crippen molar-refractivity contribution in [3.63, 3.8) is 0 Å². The summed E-state index contributed by atoms with van der Waals surface area (Å²) in [4.78, 5) is 0. The summed E-state index contributed by atoms with van der Waals surface area (Å²) in [6.07, 6.45) is 3.65. The Balaban J connectivity index is 2.00. The Kier molecular flexibility index (Phi) is 4.18. The highest BCUT2D eigenvalue weighted by Crippen LogP contribution is 2.25. The lowest BCUT2D eigenvalue weighted by Crippen LogP contribution is -2.17. The van der Waals surface area contributed by atoms with Gasteiger partial charge in [-0.05, 0) is 62.4 Å². The highest BCUT2D eigenvalue weighted by molar-refractivity contribution is 9.10. The molecule has 1 N–H and O–H groups in total. The van der Waals surface area contributed by atoms with E-state index in [1.54, 1.807) is 0 Å². The third-order valence-electron chi connectivity index (χ3n) is 4.22. The molecular weight excluding hydrogens is 326 g/mol. The predicted octanol–water partition coefficient (Wildman–Crippen LogP) is 4.07. The van der Waals surface area contributed by atoms with E-state index in [1.807, 2.05) is 0 Å². The van der Waals surface area contributed by atoms with E-state index in [0.29, 0.717) is 6.04 Å². The third kappa shape index (κ3) is 3.06. The lowest BCUT2D eigenvalue weighted by atomic mass is 10.1. The van der Waals surface area contributed by atoms with Crippen LogP contribution in [0.5, 0.6) is 0 Å². The topological polar surface area (TPSA) is 29.9 Å². The Morgan fingerprint density at radius 1 is 1.33 bits per heavy atom. The number of nitrogens with one attached hydrogen (secondary N) is 1. The molecule has 0 spiro atoms. The number of aryl methyl sites for hydroxylation is 1. The monoisotopic (exact) mass is 347 g/mol. The molecule has 1 heterocycles. The van der Waals surface area contributed by atoms with Gasteiger partial charge in [0.15, 0.2) is 0 Å². The van der Waals surface area contributed by atoms with Crippen LogP contribution < -0.4 is 5.32 Å². The fourth-order valence-electron chi connectivity index (χ4n) is 2.87. The van der Waals surface area contributed by atoms with Crippen LogP contribution in [-0.4, -0.2) is 15.8 Å². The maximum Gasteiger partial charge on any atom is 0.0694 e. The summed E-state index contributed by atoms with van der Waals surface area (Å²) in [7, 11) is 0. The van der Waals surface area contributed by atoms with E-state index in [-0.39, 0.29) is 0 Å². The number of hydrogen-bond acceptors (Lipinski definition) is 2. The molecule has 3 rings (SSSR count). The summed E-state index contributed by atoms with van der Waals surface area (Å²) in [5.41, 5.74) is 6.24. The Bertz CT molecular complexity index is 656. The van der Waals surface area contributed by atoms with Gasteiger partial charge < -0.3 is 5.32 Å². The van der Waals surface area contributed by atoms with Crippen molar-refractivity contribution in [3.8, 4) is 5.69 Å². The van der Waals surface area contributed by atoms with Crippen LogP contribution in [0.25, 0.3) is 5.69 Å². The molecule has 0 bridgehead atoms. The standard InChI is InChI=1S/C17H22BrN3/c1-4-16-11(2)20-21(12(16)3)17-8-5-14(18)9-13(17)10-19-15-6-7-15/h5,8-9,15,19H,4,6-7,10H2,1-3H3. The second-order valence-corrected chi connectivity index (χ2v) is 6.76. The van der Waals surface area contributed by atoms with E-state index in [2.05, 4.69) is 64.9 Å². The Hall–Kier alpha value is -1.13. The van der Waals surface area contributed by atoms with E-state index in [4.69, 9.17) is 5.10 Å². The summed E-state index contributed by atoms with van der Waals surface area (Å²) in [6.45, 7) is 7.36. The number of rotatable bonds is 5. The Morgan fingerprint density at radius 2 is 2.10 bits per heavy atom. The number of nitrogens with zero attached hydrogens (tertiary/aromatic N) is 2. The molecule has 1 fully saturated rings. The quantitative estimate of drug-likeness (QED) is 0.883. The zero-order chi connectivity index (χ0) is 15.0. The zero-order valence-electron chi connectivity index (χ0n) is 12.9. The summed E-state index contributed by atoms with van der Waals surface area (Å²) in [5.74, 6) is 0. The fraction of sp³-hybridized carbons (Fsp3) is 0.471. The van der Waals surface area contributed by atoms with Gasteiger partial charge in [0.2, 0.25) is 0 Å². The van der Waals surface area contributed by atoms with Crippen molar-refractivity contribution in [2.75, 3.05) is 0 Å². The molecule has 0 saturated heterocycles. The van der Waals surface area contributed by atoms with E-state index in [1.165, 1.54) is 35.3 Å². The average molecular weight is 348 g/mol. The van der Waals surface area contributed by atoms with Crippen LogP contribution in [0.2, 0.25) is 0 Å². The highest BCUT2D eigenvalue weighted by atomic mass is 79.9. The lowest BCUT2D eigenvalue weighted by Gasteiger charge is -2.13. The molecule has 1 saturated carbocycles. The first-order valence-corrected chi connectivity index (χ1v) is 8.46. The second-order valence-electron chi connectivity index (χ2n) is 5.84. The molecule has 1 aromatic heterocycles. The molecule has 1 aromatic carbocycles. The first-order valence-electron chi connectivity index (χ1n) is 7.67. The van der Waals surface area contributed by atoms with Crippen molar-refractivity contribution in [2.45, 2.75) is 52.6 Å². The molecule has 4 heteroatoms. The van der Waals surface area contributed by atoms with Crippen molar-refractivity contribution in [1.82, 2.24) is 15.1 Å². The third-order valence-corrected chi connectivity index (χ3v) is 4.72. The molecule has 21 heavy (non-hydrogen) atoms. The van der Waals surface area contributed by atoms with Gasteiger partial charge in [-0.3, -0.25) is 0 Å². The van der Waals surface area contributed by atoms with Crippen LogP contribution >= 0.6 is 15.9 Å². The molecule has 1 aliphatic rings. The summed E-state index contributed by atoms with van der Waals surface area (Å²) >= 11 is 3.59. The minimum absolute atomic E-state index is 0.712. The van der Waals surface area contributed by atoms with Gasteiger partial charge in [0.05, 0.1) is 11.4 Å². The van der Waals surface area contributed by atoms with Crippen LogP contribution in [0, 0.1) is 13.8 Å². The van der Waals surface area contributed by atoms with Gasteiger partial charge in [-0.1, -0.05) is 22.9 Å². The Morgan fingerprint density at radius 3 is 2.71 bits per heavy atom. The summed E-state index contributed by atoms with van der Waals surface area (Å²) in [6, 6.07) is 7.17. The second kappa shape index (κ2) is 5.93. The van der Waals surface area contributed by atoms with Gasteiger partial charge in [-0.15, -0.1) is 0 Å². The van der Waals surface area contributed by atoms with Gasteiger partial charge in [0.25, 0.3) is 0 Å². The molecule has 0 aliphatic heterocycles. The van der Waals surface area contributed by atoms with Crippen LogP contribution in [0.4, 0.5) is 0 Å². The van der Waals surface area contributed by atoms with E-state index < -0.39 is 0 Å². The molecule has 2 aromatic rings. The molecule has 0 amide bonds. The molecule has 0 unspecified atom stereocenters. The van der Waals surface area contributed by atoms with Gasteiger partial charge in [-0.2, -0.15) is 5.10 Å². The Labute approximate surface area is 134 Å². The first kappa shape index (κ1) is 14.8. The zero-order valence-corrected chi connectivity index (χ0v) is 14.5. The fourth-order valence-corrected chi connectivity index (χ4v) is 3.27. The van der Waals surface area contributed by atoms with Gasteiger partial charge in [0.1, 0.15) is 0 Å². The van der Waals surface area contributed by atoms with Crippen molar-refractivity contribution < 1.29 is 0 Å². The average Bonchev–Trinajstić information content (AvgIpc) is 3.23. The van der Waals surface area contributed by atoms with Crippen molar-refractivity contribution in [2.24, 2.45) is 0 Å². The molecule has 3 nitrogen and oxygen atoms in total. The van der Waals surface area contributed by atoms with E-state index in [0.717, 1.165) is 23.1 Å². The van der Waals surface area contributed by atoms with Crippen LogP contribution in [0.3, 0.4) is 0 Å². The number of halogens is 1. The normalized spacial score (nSPS) is 14.7. The number of benzene rings is 1. The van der Waals surface area contributed by atoms with Crippen molar-refractivity contribution >= 4 is 15.9 Å². The smallest absolute Gasteiger partial charge is 0.0694 e. The van der Waals surface area contributed by atoms with Crippen molar-refractivity contribution in [1.29, 1.82) is 0 Å². The van der Waals surface area contributed by atoms with Crippen LogP contribution in [-0.2, 0) is 13.0 Å². The van der Waals surface area contributed by atoms with Gasteiger partial charge in [-0.25, -0.2) is 4.68 Å². The number of aromatic nitrogens is 2. The predicted molar refractivity (Wildman–Crippen MR) is 90.0 cm³/mol. The van der Waals surface area contributed by atoms with Crippen molar-refractivity contribution in [3.05, 3.63) is 45.2 Å². The van der Waals surface area contributed by atoms with Crippen LogP contribution in [0.1, 0.15) is 42.3 Å². The summed E-state index contributed by atoms with van der Waals surface area (Å²) in [5, 5.41) is 8.36. The first-order chi connectivity index (χ1) is 10.1. The number of hydrogen-bond donors (Lipinski definition) is 1. The van der Waals surface area contributed by atoms with Gasteiger partial charge in [0, 0.05) is 22.8 Å². The molecule has 0 atom stereocenters. The minimum atomic E-state index is 0.712. The maximum atomic E-state index is 4.76. The molecule has 1 aliphatic carbocycles. The summed E-state index contributed by atoms with van der Waals surface area (Å²) < 4.78 is 3.22. The molecule has 112 valence electrons. The molecule has 0 radical (unpaired) electrons. The minimum Gasteiger partial charge on any atom is -0.310 e.